The zero-order valence-corrected chi connectivity index (χ0v) is 12.7. The van der Waals surface area contributed by atoms with Gasteiger partial charge in [0.15, 0.2) is 0 Å². The third kappa shape index (κ3) is 2.57. The Morgan fingerprint density at radius 3 is 2.62 bits per heavy atom. The van der Waals surface area contributed by atoms with Crippen molar-refractivity contribution in [1.82, 2.24) is 10.2 Å². The molecular weight excluding hydrogens is 267 g/mol. The van der Waals surface area contributed by atoms with Gasteiger partial charge in [0.2, 0.25) is 5.91 Å². The van der Waals surface area contributed by atoms with Crippen LogP contribution in [-0.4, -0.2) is 22.9 Å². The van der Waals surface area contributed by atoms with Gasteiger partial charge < -0.3 is 4.90 Å². The van der Waals surface area contributed by atoms with Gasteiger partial charge in [-0.3, -0.25) is 10.1 Å². The van der Waals surface area contributed by atoms with Crippen LogP contribution < -0.4 is 5.32 Å². The van der Waals surface area contributed by atoms with Crippen molar-refractivity contribution in [3.63, 3.8) is 0 Å². The molecule has 114 valence electrons. The molecule has 0 radical (unpaired) electrons. The minimum absolute atomic E-state index is 0.0991. The van der Waals surface area contributed by atoms with Crippen molar-refractivity contribution >= 4 is 5.91 Å². The fourth-order valence-electron chi connectivity index (χ4n) is 3.74. The number of carbonyl (C=O) groups excluding carboxylic acids is 1. The van der Waals surface area contributed by atoms with Gasteiger partial charge in [-0.2, -0.15) is 0 Å². The van der Waals surface area contributed by atoms with E-state index >= 15 is 0 Å². The Balaban J connectivity index is 1.95. The number of carbonyl (C=O) groups is 1. The topological polar surface area (TPSA) is 32.3 Å². The summed E-state index contributed by atoms with van der Waals surface area (Å²) in [6.45, 7) is 4.07. The highest BCUT2D eigenvalue weighted by Crippen LogP contribution is 2.36. The zero-order chi connectivity index (χ0) is 15.0. The fraction of sp³-hybridized carbons (Fsp3) is 0.588. The smallest absolute Gasteiger partial charge is 0.241 e. The Bertz CT molecular complexity index is 533. The molecule has 2 aliphatic rings. The lowest BCUT2D eigenvalue weighted by atomic mass is 9.84. The third-order valence-corrected chi connectivity index (χ3v) is 4.93. The molecule has 1 aromatic carbocycles. The third-order valence-electron chi connectivity index (χ3n) is 4.93. The fourth-order valence-corrected chi connectivity index (χ4v) is 3.74. The second-order valence-corrected chi connectivity index (χ2v) is 6.39. The summed E-state index contributed by atoms with van der Waals surface area (Å²) in [4.78, 5) is 14.5. The number of nitrogens with one attached hydrogen (secondary N) is 1. The number of nitrogens with zero attached hydrogens (tertiary/aromatic N) is 1. The van der Waals surface area contributed by atoms with Crippen LogP contribution in [0.2, 0.25) is 0 Å². The van der Waals surface area contributed by atoms with Crippen LogP contribution >= 0.6 is 0 Å². The number of amides is 1. The molecule has 3 rings (SSSR count). The van der Waals surface area contributed by atoms with E-state index in [2.05, 4.69) is 12.2 Å². The molecule has 1 aliphatic carbocycles. The van der Waals surface area contributed by atoms with E-state index in [0.717, 1.165) is 19.3 Å². The number of benzene rings is 1. The van der Waals surface area contributed by atoms with Gasteiger partial charge in [-0.15, -0.1) is 0 Å². The Morgan fingerprint density at radius 2 is 1.90 bits per heavy atom. The molecule has 21 heavy (non-hydrogen) atoms. The van der Waals surface area contributed by atoms with Gasteiger partial charge in [0, 0.05) is 11.6 Å². The number of hydrogen-bond acceptors (Lipinski definition) is 2. The lowest BCUT2D eigenvalue weighted by Crippen LogP contribution is -2.45. The van der Waals surface area contributed by atoms with Crippen LogP contribution in [0.5, 0.6) is 0 Å². The molecule has 1 saturated heterocycles. The molecular formula is C17H23FN2O. The summed E-state index contributed by atoms with van der Waals surface area (Å²) < 4.78 is 14.2. The van der Waals surface area contributed by atoms with Crippen molar-refractivity contribution in [2.75, 3.05) is 0 Å². The van der Waals surface area contributed by atoms with E-state index in [1.165, 1.54) is 12.5 Å². The molecule has 4 atom stereocenters. The van der Waals surface area contributed by atoms with Crippen LogP contribution in [0.4, 0.5) is 4.39 Å². The highest BCUT2D eigenvalue weighted by Gasteiger charge is 2.43. The van der Waals surface area contributed by atoms with Gasteiger partial charge in [0.1, 0.15) is 12.0 Å². The van der Waals surface area contributed by atoms with E-state index in [1.807, 2.05) is 17.9 Å². The summed E-state index contributed by atoms with van der Waals surface area (Å²) in [6, 6.07) is 6.73. The van der Waals surface area contributed by atoms with E-state index in [9.17, 15) is 9.18 Å². The molecule has 4 heteroatoms. The summed E-state index contributed by atoms with van der Waals surface area (Å²) in [7, 11) is 0. The van der Waals surface area contributed by atoms with Gasteiger partial charge in [-0.25, -0.2) is 4.39 Å². The maximum atomic E-state index is 14.2. The van der Waals surface area contributed by atoms with Crippen molar-refractivity contribution in [1.29, 1.82) is 0 Å². The predicted molar refractivity (Wildman–Crippen MR) is 80.0 cm³/mol. The lowest BCUT2D eigenvalue weighted by molar-refractivity contribution is -0.134. The van der Waals surface area contributed by atoms with Crippen molar-refractivity contribution in [3.8, 4) is 0 Å². The first-order valence-corrected chi connectivity index (χ1v) is 7.92. The maximum Gasteiger partial charge on any atom is 0.241 e. The molecule has 4 unspecified atom stereocenters. The predicted octanol–water partition coefficient (Wildman–Crippen LogP) is 3.22. The summed E-state index contributed by atoms with van der Waals surface area (Å²) >= 11 is 0. The Kier molecular flexibility index (Phi) is 3.98. The molecule has 0 bridgehead atoms. The van der Waals surface area contributed by atoms with Crippen LogP contribution in [0.3, 0.4) is 0 Å². The van der Waals surface area contributed by atoms with Crippen molar-refractivity contribution in [3.05, 3.63) is 35.6 Å². The molecule has 0 spiro atoms. The lowest BCUT2D eigenvalue weighted by Gasteiger charge is -2.39. The van der Waals surface area contributed by atoms with Gasteiger partial charge >= 0.3 is 0 Å². The van der Waals surface area contributed by atoms with Crippen molar-refractivity contribution in [2.45, 2.75) is 57.8 Å². The first-order valence-electron chi connectivity index (χ1n) is 7.92. The minimum Gasteiger partial charge on any atom is -0.318 e. The zero-order valence-electron chi connectivity index (χ0n) is 12.7. The maximum absolute atomic E-state index is 14.2. The molecule has 1 saturated carbocycles. The SMILES string of the molecule is CC1NC(c2ccccc2F)N(C2CCCCC2C)C1=O. The van der Waals surface area contributed by atoms with Crippen LogP contribution in [-0.2, 0) is 4.79 Å². The van der Waals surface area contributed by atoms with Crippen LogP contribution in [0.25, 0.3) is 0 Å². The minimum atomic E-state index is -0.334. The largest absolute Gasteiger partial charge is 0.318 e. The average Bonchev–Trinajstić information content (AvgIpc) is 2.76. The molecule has 0 aromatic heterocycles. The van der Waals surface area contributed by atoms with Crippen LogP contribution in [0.15, 0.2) is 24.3 Å². The Morgan fingerprint density at radius 1 is 1.19 bits per heavy atom. The summed E-state index contributed by atoms with van der Waals surface area (Å²) in [5.41, 5.74) is 0.577. The average molecular weight is 290 g/mol. The quantitative estimate of drug-likeness (QED) is 0.907. The van der Waals surface area contributed by atoms with E-state index in [0.29, 0.717) is 11.5 Å². The molecule has 1 aliphatic heterocycles. The molecule has 3 nitrogen and oxygen atoms in total. The van der Waals surface area contributed by atoms with Gasteiger partial charge in [-0.05, 0) is 31.7 Å². The number of halogens is 1. The van der Waals surface area contributed by atoms with Crippen molar-refractivity contribution < 1.29 is 9.18 Å². The first kappa shape index (κ1) is 14.5. The van der Waals surface area contributed by atoms with Gasteiger partial charge in [0.25, 0.3) is 0 Å². The number of hydrogen-bond donors (Lipinski definition) is 1. The van der Waals surface area contributed by atoms with Gasteiger partial charge in [-0.1, -0.05) is 38.0 Å². The van der Waals surface area contributed by atoms with E-state index in [-0.39, 0.29) is 30.0 Å². The molecule has 1 amide bonds. The summed E-state index contributed by atoms with van der Waals surface area (Å²) in [5.74, 6) is 0.330. The normalized spacial score (nSPS) is 33.5. The van der Waals surface area contributed by atoms with Crippen LogP contribution in [0.1, 0.15) is 51.3 Å². The second-order valence-electron chi connectivity index (χ2n) is 6.39. The second kappa shape index (κ2) is 5.76. The molecule has 1 N–H and O–H groups in total. The molecule has 1 heterocycles. The molecule has 1 aromatic rings. The highest BCUT2D eigenvalue weighted by atomic mass is 19.1. The van der Waals surface area contributed by atoms with Gasteiger partial charge in [0.05, 0.1) is 6.04 Å². The van der Waals surface area contributed by atoms with E-state index < -0.39 is 0 Å². The monoisotopic (exact) mass is 290 g/mol. The standard InChI is InChI=1S/C17H23FN2O/c1-11-7-3-6-10-15(11)20-16(19-12(2)17(20)21)13-8-4-5-9-14(13)18/h4-5,8-9,11-12,15-16,19H,3,6-7,10H2,1-2H3. The van der Waals surface area contributed by atoms with Crippen molar-refractivity contribution in [2.24, 2.45) is 5.92 Å². The highest BCUT2D eigenvalue weighted by molar-refractivity contribution is 5.84. The summed E-state index contributed by atoms with van der Waals surface area (Å²) in [6.07, 6.45) is 4.21. The van der Waals surface area contributed by atoms with E-state index in [1.54, 1.807) is 12.1 Å². The summed E-state index contributed by atoms with van der Waals surface area (Å²) in [5, 5.41) is 3.27. The molecule has 2 fully saturated rings. The van der Waals surface area contributed by atoms with Crippen LogP contribution in [0, 0.1) is 11.7 Å². The van der Waals surface area contributed by atoms with E-state index in [4.69, 9.17) is 0 Å². The Hall–Kier alpha value is -1.42. The number of rotatable bonds is 2. The first-order chi connectivity index (χ1) is 10.1. The Labute approximate surface area is 125 Å².